The van der Waals surface area contributed by atoms with Crippen LogP contribution in [0.15, 0.2) is 36.9 Å². The van der Waals surface area contributed by atoms with Gasteiger partial charge in [-0.3, -0.25) is 0 Å². The number of aliphatic hydroxyl groups excluding tert-OH is 1. The molecule has 1 aromatic rings. The van der Waals surface area contributed by atoms with Gasteiger partial charge >= 0.3 is 5.97 Å². The first-order valence-electron chi connectivity index (χ1n) is 3.79. The first-order valence-corrected chi connectivity index (χ1v) is 3.79. The monoisotopic (exact) mass is 178 g/mol. The van der Waals surface area contributed by atoms with E-state index in [-0.39, 0.29) is 5.56 Å². The number of aromatic carboxylic acids is 1. The Morgan fingerprint density at radius 3 is 2.62 bits per heavy atom. The van der Waals surface area contributed by atoms with Crippen molar-refractivity contribution in [1.82, 2.24) is 0 Å². The van der Waals surface area contributed by atoms with Crippen LogP contribution in [0.2, 0.25) is 0 Å². The molecule has 1 aromatic carbocycles. The molecule has 1 rings (SSSR count). The standard InChI is InChI=1S/C10H10O3/c1-2-9(11)7-5-3-4-6-8(7)10(12)13/h2-6,9,11H,1H2,(H,12,13). The van der Waals surface area contributed by atoms with Gasteiger partial charge in [0.25, 0.3) is 0 Å². The van der Waals surface area contributed by atoms with Gasteiger partial charge in [-0.15, -0.1) is 6.58 Å². The molecule has 0 spiro atoms. The smallest absolute Gasteiger partial charge is 0.336 e. The van der Waals surface area contributed by atoms with Crippen molar-refractivity contribution < 1.29 is 15.0 Å². The normalized spacial score (nSPS) is 12.1. The Kier molecular flexibility index (Phi) is 2.82. The van der Waals surface area contributed by atoms with Crippen LogP contribution in [0.5, 0.6) is 0 Å². The highest BCUT2D eigenvalue weighted by atomic mass is 16.4. The molecule has 68 valence electrons. The van der Waals surface area contributed by atoms with E-state index in [0.29, 0.717) is 5.56 Å². The minimum Gasteiger partial charge on any atom is -0.478 e. The molecule has 0 radical (unpaired) electrons. The summed E-state index contributed by atoms with van der Waals surface area (Å²) in [4.78, 5) is 10.7. The molecule has 0 saturated heterocycles. The molecule has 3 heteroatoms. The summed E-state index contributed by atoms with van der Waals surface area (Å²) in [5.74, 6) is -1.04. The Bertz CT molecular complexity index is 331. The van der Waals surface area contributed by atoms with Gasteiger partial charge in [0.1, 0.15) is 0 Å². The summed E-state index contributed by atoms with van der Waals surface area (Å²) in [7, 11) is 0. The lowest BCUT2D eigenvalue weighted by Crippen LogP contribution is -2.04. The number of hydrogen-bond donors (Lipinski definition) is 2. The Morgan fingerprint density at radius 2 is 2.08 bits per heavy atom. The fraction of sp³-hybridized carbons (Fsp3) is 0.100. The molecule has 0 aliphatic carbocycles. The third-order valence-electron chi connectivity index (χ3n) is 1.73. The molecule has 2 N–H and O–H groups in total. The summed E-state index contributed by atoms with van der Waals surface area (Å²) >= 11 is 0. The molecule has 0 fully saturated rings. The fourth-order valence-electron chi connectivity index (χ4n) is 1.08. The van der Waals surface area contributed by atoms with Crippen LogP contribution in [0, 0.1) is 0 Å². The molecule has 1 atom stereocenters. The number of carbonyl (C=O) groups is 1. The van der Waals surface area contributed by atoms with Gasteiger partial charge in [0.05, 0.1) is 11.7 Å². The largest absolute Gasteiger partial charge is 0.478 e. The number of hydrogen-bond acceptors (Lipinski definition) is 2. The highest BCUT2D eigenvalue weighted by Gasteiger charge is 2.12. The maximum absolute atomic E-state index is 10.7. The first-order chi connectivity index (χ1) is 6.16. The summed E-state index contributed by atoms with van der Waals surface area (Å²) < 4.78 is 0. The van der Waals surface area contributed by atoms with Crippen molar-refractivity contribution in [2.45, 2.75) is 6.10 Å². The van der Waals surface area contributed by atoms with Crippen molar-refractivity contribution in [3.05, 3.63) is 48.0 Å². The van der Waals surface area contributed by atoms with E-state index in [9.17, 15) is 9.90 Å². The summed E-state index contributed by atoms with van der Waals surface area (Å²) in [5.41, 5.74) is 0.472. The molecule has 0 bridgehead atoms. The van der Waals surface area contributed by atoms with Gasteiger partial charge in [0.2, 0.25) is 0 Å². The highest BCUT2D eigenvalue weighted by molar-refractivity contribution is 5.89. The molecule has 0 aliphatic rings. The minimum atomic E-state index is -1.04. The maximum atomic E-state index is 10.7. The Balaban J connectivity index is 3.19. The second-order valence-corrected chi connectivity index (χ2v) is 2.57. The lowest BCUT2D eigenvalue weighted by Gasteiger charge is -2.08. The van der Waals surface area contributed by atoms with Gasteiger partial charge in [0, 0.05) is 0 Å². The molecular formula is C10H10O3. The number of carboxylic acids is 1. The van der Waals surface area contributed by atoms with Crippen molar-refractivity contribution >= 4 is 5.97 Å². The molecule has 0 saturated carbocycles. The zero-order valence-corrected chi connectivity index (χ0v) is 6.97. The average Bonchev–Trinajstić information content (AvgIpc) is 2.16. The third-order valence-corrected chi connectivity index (χ3v) is 1.73. The van der Waals surface area contributed by atoms with Crippen molar-refractivity contribution in [2.75, 3.05) is 0 Å². The Morgan fingerprint density at radius 1 is 1.46 bits per heavy atom. The van der Waals surface area contributed by atoms with Gasteiger partial charge in [-0.2, -0.15) is 0 Å². The van der Waals surface area contributed by atoms with E-state index in [0.717, 1.165) is 0 Å². The van der Waals surface area contributed by atoms with E-state index in [1.54, 1.807) is 18.2 Å². The second kappa shape index (κ2) is 3.87. The molecule has 0 aliphatic heterocycles. The van der Waals surface area contributed by atoms with Crippen molar-refractivity contribution in [3.8, 4) is 0 Å². The van der Waals surface area contributed by atoms with Gasteiger partial charge in [-0.05, 0) is 11.6 Å². The molecule has 3 nitrogen and oxygen atoms in total. The topological polar surface area (TPSA) is 57.5 Å². The van der Waals surface area contributed by atoms with Crippen LogP contribution in [0.4, 0.5) is 0 Å². The van der Waals surface area contributed by atoms with Crippen LogP contribution < -0.4 is 0 Å². The quantitative estimate of drug-likeness (QED) is 0.691. The van der Waals surface area contributed by atoms with Crippen molar-refractivity contribution in [1.29, 1.82) is 0 Å². The Hall–Kier alpha value is -1.61. The van der Waals surface area contributed by atoms with Crippen LogP contribution in [0.25, 0.3) is 0 Å². The lowest BCUT2D eigenvalue weighted by atomic mass is 10.0. The molecule has 0 amide bonds. The zero-order chi connectivity index (χ0) is 9.84. The predicted octanol–water partition coefficient (Wildman–Crippen LogP) is 1.60. The molecule has 13 heavy (non-hydrogen) atoms. The summed E-state index contributed by atoms with van der Waals surface area (Å²) in [6.45, 7) is 3.39. The maximum Gasteiger partial charge on any atom is 0.336 e. The average molecular weight is 178 g/mol. The number of benzene rings is 1. The van der Waals surface area contributed by atoms with E-state index < -0.39 is 12.1 Å². The molecule has 0 aromatic heterocycles. The van der Waals surface area contributed by atoms with Gasteiger partial charge < -0.3 is 10.2 Å². The van der Waals surface area contributed by atoms with Crippen LogP contribution in [0.3, 0.4) is 0 Å². The van der Waals surface area contributed by atoms with E-state index >= 15 is 0 Å². The highest BCUT2D eigenvalue weighted by Crippen LogP contribution is 2.18. The molecule has 1 unspecified atom stereocenters. The van der Waals surface area contributed by atoms with E-state index in [4.69, 9.17) is 5.11 Å². The van der Waals surface area contributed by atoms with Crippen LogP contribution in [-0.2, 0) is 0 Å². The number of aliphatic hydroxyl groups is 1. The summed E-state index contributed by atoms with van der Waals surface area (Å²) in [6.07, 6.45) is 0.370. The van der Waals surface area contributed by atoms with E-state index in [2.05, 4.69) is 6.58 Å². The van der Waals surface area contributed by atoms with Crippen molar-refractivity contribution in [3.63, 3.8) is 0 Å². The van der Waals surface area contributed by atoms with E-state index in [1.807, 2.05) is 0 Å². The van der Waals surface area contributed by atoms with Gasteiger partial charge in [-0.1, -0.05) is 24.3 Å². The SMILES string of the molecule is C=CC(O)c1ccccc1C(=O)O. The van der Waals surface area contributed by atoms with Crippen LogP contribution in [0.1, 0.15) is 22.0 Å². The fourth-order valence-corrected chi connectivity index (χ4v) is 1.08. The number of carboxylic acid groups (broad SMARTS) is 1. The second-order valence-electron chi connectivity index (χ2n) is 2.57. The van der Waals surface area contributed by atoms with Gasteiger partial charge in [0.15, 0.2) is 0 Å². The lowest BCUT2D eigenvalue weighted by molar-refractivity contribution is 0.0691. The van der Waals surface area contributed by atoms with Gasteiger partial charge in [-0.25, -0.2) is 4.79 Å². The Labute approximate surface area is 76.0 Å². The minimum absolute atomic E-state index is 0.106. The van der Waals surface area contributed by atoms with Crippen LogP contribution in [-0.4, -0.2) is 16.2 Å². The van der Waals surface area contributed by atoms with Crippen LogP contribution >= 0.6 is 0 Å². The van der Waals surface area contributed by atoms with E-state index in [1.165, 1.54) is 12.1 Å². The molecule has 0 heterocycles. The third kappa shape index (κ3) is 1.95. The summed E-state index contributed by atoms with van der Waals surface area (Å²) in [6, 6.07) is 6.30. The molecular weight excluding hydrogens is 168 g/mol. The first kappa shape index (κ1) is 9.48. The summed E-state index contributed by atoms with van der Waals surface area (Å²) in [5, 5.41) is 18.1. The zero-order valence-electron chi connectivity index (χ0n) is 6.97. The predicted molar refractivity (Wildman–Crippen MR) is 48.6 cm³/mol. The number of rotatable bonds is 3. The van der Waals surface area contributed by atoms with Crippen molar-refractivity contribution in [2.24, 2.45) is 0 Å².